The van der Waals surface area contributed by atoms with Gasteiger partial charge in [-0.1, -0.05) is 0 Å². The van der Waals surface area contributed by atoms with E-state index >= 15 is 0 Å². The summed E-state index contributed by atoms with van der Waals surface area (Å²) in [6.07, 6.45) is -0.862. The van der Waals surface area contributed by atoms with E-state index in [1.54, 1.807) is 41.5 Å². The molecule has 0 saturated carbocycles. The van der Waals surface area contributed by atoms with Gasteiger partial charge >= 0.3 is 12.1 Å². The van der Waals surface area contributed by atoms with E-state index in [9.17, 15) is 14.0 Å². The van der Waals surface area contributed by atoms with Gasteiger partial charge in [0.05, 0.1) is 0 Å². The van der Waals surface area contributed by atoms with Crippen LogP contribution < -0.4 is 5.32 Å². The highest BCUT2D eigenvalue weighted by Crippen LogP contribution is 2.16. The lowest BCUT2D eigenvalue weighted by molar-refractivity contribution is -0.163. The van der Waals surface area contributed by atoms with Gasteiger partial charge in [0.15, 0.2) is 5.54 Å². The molecular weight excluding hydrogens is 253 g/mol. The van der Waals surface area contributed by atoms with Crippen molar-refractivity contribution >= 4 is 12.1 Å². The van der Waals surface area contributed by atoms with Crippen molar-refractivity contribution in [1.82, 2.24) is 5.32 Å². The lowest BCUT2D eigenvalue weighted by Crippen LogP contribution is -2.56. The summed E-state index contributed by atoms with van der Waals surface area (Å²) in [6, 6.07) is 0. The molecule has 0 fully saturated rings. The van der Waals surface area contributed by atoms with Crippen LogP contribution in [0.15, 0.2) is 0 Å². The van der Waals surface area contributed by atoms with E-state index in [0.717, 1.165) is 0 Å². The Balaban J connectivity index is 4.79. The first-order chi connectivity index (χ1) is 8.29. The second-order valence-corrected chi connectivity index (χ2v) is 6.59. The Morgan fingerprint density at radius 2 is 1.37 bits per heavy atom. The Morgan fingerprint density at radius 1 is 0.947 bits per heavy atom. The fraction of sp³-hybridized carbons (Fsp3) is 0.846. The predicted molar refractivity (Wildman–Crippen MR) is 69.6 cm³/mol. The maximum absolute atomic E-state index is 13.1. The van der Waals surface area contributed by atoms with Crippen molar-refractivity contribution in [2.45, 2.75) is 65.2 Å². The molecule has 0 aromatic heterocycles. The summed E-state index contributed by atoms with van der Waals surface area (Å²) in [4.78, 5) is 23.5. The first kappa shape index (κ1) is 17.7. The molecule has 0 rings (SSSR count). The van der Waals surface area contributed by atoms with E-state index in [0.29, 0.717) is 0 Å². The van der Waals surface area contributed by atoms with Crippen LogP contribution in [0.25, 0.3) is 0 Å². The molecule has 1 amide bonds. The minimum absolute atomic E-state index is 0.727. The molecule has 0 aromatic carbocycles. The van der Waals surface area contributed by atoms with Crippen LogP contribution in [0.4, 0.5) is 9.18 Å². The van der Waals surface area contributed by atoms with Crippen LogP contribution in [0.5, 0.6) is 0 Å². The molecule has 0 aliphatic carbocycles. The topological polar surface area (TPSA) is 64.6 Å². The van der Waals surface area contributed by atoms with E-state index in [1.165, 1.54) is 6.92 Å². The van der Waals surface area contributed by atoms with E-state index in [2.05, 4.69) is 5.32 Å². The first-order valence-electron chi connectivity index (χ1n) is 6.10. The van der Waals surface area contributed by atoms with Crippen molar-refractivity contribution in [2.75, 3.05) is 6.67 Å². The van der Waals surface area contributed by atoms with Gasteiger partial charge < -0.3 is 14.8 Å². The van der Waals surface area contributed by atoms with E-state index in [4.69, 9.17) is 9.47 Å². The van der Waals surface area contributed by atoms with Gasteiger partial charge in [-0.05, 0) is 48.5 Å². The van der Waals surface area contributed by atoms with Crippen molar-refractivity contribution < 1.29 is 23.5 Å². The molecule has 0 radical (unpaired) electrons. The molecule has 0 saturated heterocycles. The lowest BCUT2D eigenvalue weighted by atomic mass is 10.0. The summed E-state index contributed by atoms with van der Waals surface area (Å²) in [7, 11) is 0. The van der Waals surface area contributed by atoms with Gasteiger partial charge in [-0.2, -0.15) is 0 Å². The minimum atomic E-state index is -1.75. The molecule has 0 aromatic rings. The van der Waals surface area contributed by atoms with Gasteiger partial charge in [-0.3, -0.25) is 0 Å². The Bertz CT molecular complexity index is 344. The maximum Gasteiger partial charge on any atom is 0.408 e. The highest BCUT2D eigenvalue weighted by molar-refractivity contribution is 5.85. The summed E-state index contributed by atoms with van der Waals surface area (Å²) in [5.41, 5.74) is -3.24. The number of halogens is 1. The van der Waals surface area contributed by atoms with Crippen molar-refractivity contribution in [2.24, 2.45) is 0 Å². The van der Waals surface area contributed by atoms with Gasteiger partial charge in [0.2, 0.25) is 0 Å². The number of ether oxygens (including phenoxy) is 2. The first-order valence-corrected chi connectivity index (χ1v) is 6.10. The average molecular weight is 277 g/mol. The number of hydrogen-bond acceptors (Lipinski definition) is 4. The van der Waals surface area contributed by atoms with Crippen molar-refractivity contribution in [3.63, 3.8) is 0 Å². The number of amides is 1. The molecule has 0 bridgehead atoms. The molecule has 0 aliphatic rings. The van der Waals surface area contributed by atoms with Gasteiger partial charge in [0.25, 0.3) is 0 Å². The Morgan fingerprint density at radius 3 is 1.68 bits per heavy atom. The van der Waals surface area contributed by atoms with Gasteiger partial charge in [-0.25, -0.2) is 14.0 Å². The zero-order chi connectivity index (χ0) is 15.5. The molecule has 1 atom stereocenters. The number of carbonyl (C=O) groups is 2. The standard InChI is InChI=1S/C13H24FNO4/c1-11(2,3)18-9(16)13(7,8-14)15-10(17)19-12(4,5)6/h8H2,1-7H3,(H,15,17). The zero-order valence-electron chi connectivity index (χ0n) is 12.7. The van der Waals surface area contributed by atoms with Crippen LogP contribution in [0.3, 0.4) is 0 Å². The number of esters is 1. The molecule has 5 nitrogen and oxygen atoms in total. The van der Waals surface area contributed by atoms with Crippen molar-refractivity contribution in [1.29, 1.82) is 0 Å². The third-order valence-electron chi connectivity index (χ3n) is 1.89. The Hall–Kier alpha value is -1.33. The summed E-state index contributed by atoms with van der Waals surface area (Å²) in [5, 5.41) is 2.21. The molecule has 0 spiro atoms. The van der Waals surface area contributed by atoms with Gasteiger partial charge in [0, 0.05) is 0 Å². The van der Waals surface area contributed by atoms with Crippen LogP contribution in [0.2, 0.25) is 0 Å². The second-order valence-electron chi connectivity index (χ2n) is 6.59. The summed E-state index contributed by atoms with van der Waals surface area (Å²) < 4.78 is 23.2. The second kappa shape index (κ2) is 5.75. The highest BCUT2D eigenvalue weighted by atomic mass is 19.1. The normalized spacial score (nSPS) is 15.4. The molecule has 1 unspecified atom stereocenters. The fourth-order valence-corrected chi connectivity index (χ4v) is 1.06. The van der Waals surface area contributed by atoms with Crippen LogP contribution in [0, 0.1) is 0 Å². The van der Waals surface area contributed by atoms with Crippen LogP contribution >= 0.6 is 0 Å². The summed E-state index contributed by atoms with van der Waals surface area (Å²) in [6.45, 7) is 10.2. The van der Waals surface area contributed by atoms with Crippen LogP contribution in [0.1, 0.15) is 48.5 Å². The minimum Gasteiger partial charge on any atom is -0.458 e. The van der Waals surface area contributed by atoms with Crippen molar-refractivity contribution in [3.8, 4) is 0 Å². The van der Waals surface area contributed by atoms with E-state index in [-0.39, 0.29) is 0 Å². The number of rotatable bonds is 3. The molecular formula is C13H24FNO4. The Labute approximate surface area is 113 Å². The Kier molecular flexibility index (Phi) is 5.35. The lowest BCUT2D eigenvalue weighted by Gasteiger charge is -2.31. The van der Waals surface area contributed by atoms with Gasteiger partial charge in [-0.15, -0.1) is 0 Å². The zero-order valence-corrected chi connectivity index (χ0v) is 12.7. The molecule has 6 heteroatoms. The largest absolute Gasteiger partial charge is 0.458 e. The fourth-order valence-electron chi connectivity index (χ4n) is 1.06. The van der Waals surface area contributed by atoms with E-state index in [1.807, 2.05) is 0 Å². The van der Waals surface area contributed by atoms with E-state index < -0.39 is 35.5 Å². The molecule has 0 aliphatic heterocycles. The quantitative estimate of drug-likeness (QED) is 0.805. The summed E-state index contributed by atoms with van der Waals surface area (Å²) in [5.74, 6) is -0.839. The van der Waals surface area contributed by atoms with Crippen LogP contribution in [-0.4, -0.2) is 35.5 Å². The smallest absolute Gasteiger partial charge is 0.408 e. The molecule has 112 valence electrons. The third kappa shape index (κ3) is 6.98. The summed E-state index contributed by atoms with van der Waals surface area (Å²) >= 11 is 0. The highest BCUT2D eigenvalue weighted by Gasteiger charge is 2.40. The molecule has 1 N–H and O–H groups in total. The average Bonchev–Trinajstić information content (AvgIpc) is 2.11. The number of alkyl carbamates (subject to hydrolysis) is 1. The third-order valence-corrected chi connectivity index (χ3v) is 1.89. The monoisotopic (exact) mass is 277 g/mol. The number of alkyl halides is 1. The number of nitrogens with one attached hydrogen (secondary N) is 1. The molecule has 19 heavy (non-hydrogen) atoms. The number of carbonyl (C=O) groups excluding carboxylic acids is 2. The molecule has 0 heterocycles. The predicted octanol–water partition coefficient (Wildman–Crippen LogP) is 2.58. The maximum atomic E-state index is 13.1. The van der Waals surface area contributed by atoms with Crippen LogP contribution in [-0.2, 0) is 14.3 Å². The van der Waals surface area contributed by atoms with Crippen molar-refractivity contribution in [3.05, 3.63) is 0 Å². The number of hydrogen-bond donors (Lipinski definition) is 1. The van der Waals surface area contributed by atoms with Gasteiger partial charge in [0.1, 0.15) is 17.9 Å². The SMILES string of the molecule is CC(C)(C)OC(=O)NC(C)(CF)C(=O)OC(C)(C)C.